The zero-order chi connectivity index (χ0) is 14.3. The highest BCUT2D eigenvalue weighted by atomic mass is 35.5. The number of hydrogen-bond donors (Lipinski definition) is 2. The van der Waals surface area contributed by atoms with Crippen molar-refractivity contribution in [2.75, 3.05) is 0 Å². The first-order chi connectivity index (χ1) is 9.04. The second-order valence-corrected chi connectivity index (χ2v) is 4.02. The third-order valence-electron chi connectivity index (χ3n) is 2.16. The quantitative estimate of drug-likeness (QED) is 0.633. The second-order valence-electron chi connectivity index (χ2n) is 3.58. The number of carbonyl (C=O) groups is 1. The van der Waals surface area contributed by atoms with Crippen LogP contribution in [-0.4, -0.2) is 10.5 Å². The van der Waals surface area contributed by atoms with Gasteiger partial charge in [0, 0.05) is 30.5 Å². The number of aryl methyl sites for hydroxylation is 1. The SMILES string of the molecule is C=C/C(Cl)=C\C=C\NNC(=O)c1ccc(=O)n(C)c1. The summed E-state index contributed by atoms with van der Waals surface area (Å²) in [6.07, 6.45) is 7.68. The molecule has 0 saturated heterocycles. The predicted molar refractivity (Wildman–Crippen MR) is 75.6 cm³/mol. The van der Waals surface area contributed by atoms with E-state index in [0.717, 1.165) is 0 Å². The normalized spacial score (nSPS) is 11.4. The summed E-state index contributed by atoms with van der Waals surface area (Å²) in [6.45, 7) is 3.49. The molecule has 0 aliphatic carbocycles. The number of nitrogens with one attached hydrogen (secondary N) is 2. The summed E-state index contributed by atoms with van der Waals surface area (Å²) in [4.78, 5) is 22.8. The number of hydrogen-bond acceptors (Lipinski definition) is 3. The van der Waals surface area contributed by atoms with Gasteiger partial charge in [-0.1, -0.05) is 24.3 Å². The molecular formula is C13H14ClN3O2. The van der Waals surface area contributed by atoms with E-state index in [0.29, 0.717) is 10.6 Å². The van der Waals surface area contributed by atoms with Crippen LogP contribution in [0.15, 0.2) is 59.2 Å². The highest BCUT2D eigenvalue weighted by Gasteiger charge is 2.04. The Morgan fingerprint density at radius 2 is 2.21 bits per heavy atom. The summed E-state index contributed by atoms with van der Waals surface area (Å²) in [5.74, 6) is -0.348. The van der Waals surface area contributed by atoms with Crippen molar-refractivity contribution < 1.29 is 4.79 Å². The Morgan fingerprint density at radius 3 is 2.84 bits per heavy atom. The van der Waals surface area contributed by atoms with E-state index in [-0.39, 0.29) is 11.5 Å². The largest absolute Gasteiger partial charge is 0.318 e. The summed E-state index contributed by atoms with van der Waals surface area (Å²) >= 11 is 5.68. The molecule has 1 heterocycles. The minimum absolute atomic E-state index is 0.173. The van der Waals surface area contributed by atoms with Crippen LogP contribution in [0.25, 0.3) is 0 Å². The van der Waals surface area contributed by atoms with Gasteiger partial charge in [-0.2, -0.15) is 0 Å². The van der Waals surface area contributed by atoms with E-state index in [1.54, 1.807) is 19.2 Å². The van der Waals surface area contributed by atoms with Crippen molar-refractivity contribution in [3.8, 4) is 0 Å². The van der Waals surface area contributed by atoms with E-state index in [1.165, 1.54) is 35.2 Å². The Morgan fingerprint density at radius 1 is 1.47 bits per heavy atom. The van der Waals surface area contributed by atoms with Gasteiger partial charge >= 0.3 is 0 Å². The number of allylic oxidation sites excluding steroid dienone is 4. The van der Waals surface area contributed by atoms with Gasteiger partial charge < -0.3 is 9.99 Å². The van der Waals surface area contributed by atoms with E-state index in [2.05, 4.69) is 17.4 Å². The number of hydrazine groups is 1. The van der Waals surface area contributed by atoms with Gasteiger partial charge in [0.25, 0.3) is 5.91 Å². The molecule has 1 rings (SSSR count). The van der Waals surface area contributed by atoms with Gasteiger partial charge in [0.05, 0.1) is 5.56 Å². The molecule has 0 aromatic carbocycles. The van der Waals surface area contributed by atoms with Crippen molar-refractivity contribution in [2.24, 2.45) is 7.05 Å². The molecule has 0 unspecified atom stereocenters. The van der Waals surface area contributed by atoms with Crippen LogP contribution in [0, 0.1) is 0 Å². The zero-order valence-corrected chi connectivity index (χ0v) is 11.1. The minimum Gasteiger partial charge on any atom is -0.318 e. The van der Waals surface area contributed by atoms with E-state index in [4.69, 9.17) is 11.6 Å². The molecular weight excluding hydrogens is 266 g/mol. The Labute approximate surface area is 115 Å². The fourth-order valence-electron chi connectivity index (χ4n) is 1.16. The minimum atomic E-state index is -0.348. The molecule has 0 radical (unpaired) electrons. The highest BCUT2D eigenvalue weighted by Crippen LogP contribution is 2.00. The predicted octanol–water partition coefficient (Wildman–Crippen LogP) is 1.44. The van der Waals surface area contributed by atoms with Gasteiger partial charge in [-0.25, -0.2) is 0 Å². The van der Waals surface area contributed by atoms with Gasteiger partial charge in [-0.15, -0.1) is 0 Å². The van der Waals surface area contributed by atoms with Crippen LogP contribution in [0.1, 0.15) is 10.4 Å². The number of halogens is 1. The first kappa shape index (κ1) is 14.8. The maximum absolute atomic E-state index is 11.7. The van der Waals surface area contributed by atoms with Crippen molar-refractivity contribution in [1.29, 1.82) is 0 Å². The summed E-state index contributed by atoms with van der Waals surface area (Å²) in [7, 11) is 1.58. The van der Waals surface area contributed by atoms with Gasteiger partial charge in [0.1, 0.15) is 0 Å². The van der Waals surface area contributed by atoms with Crippen LogP contribution in [0.2, 0.25) is 0 Å². The van der Waals surface area contributed by atoms with Crippen LogP contribution >= 0.6 is 11.6 Å². The average Bonchev–Trinajstić information content (AvgIpc) is 2.40. The molecule has 0 aliphatic heterocycles. The molecule has 6 heteroatoms. The zero-order valence-electron chi connectivity index (χ0n) is 10.4. The van der Waals surface area contributed by atoms with Crippen molar-refractivity contribution in [2.45, 2.75) is 0 Å². The smallest absolute Gasteiger partial charge is 0.271 e. The third kappa shape index (κ3) is 4.85. The Bertz CT molecular complexity index is 588. The van der Waals surface area contributed by atoms with E-state index in [9.17, 15) is 9.59 Å². The number of rotatable bonds is 5. The number of aromatic nitrogens is 1. The van der Waals surface area contributed by atoms with Crippen LogP contribution in [-0.2, 0) is 7.05 Å². The summed E-state index contributed by atoms with van der Waals surface area (Å²) in [6, 6.07) is 2.79. The molecule has 0 spiro atoms. The van der Waals surface area contributed by atoms with Crippen LogP contribution in [0.3, 0.4) is 0 Å². The number of nitrogens with zero attached hydrogens (tertiary/aromatic N) is 1. The second kappa shape index (κ2) is 7.23. The lowest BCUT2D eigenvalue weighted by Gasteiger charge is -2.05. The van der Waals surface area contributed by atoms with Crippen LogP contribution < -0.4 is 16.4 Å². The molecule has 2 N–H and O–H groups in total. The molecule has 1 aromatic rings. The average molecular weight is 280 g/mol. The Hall–Kier alpha value is -2.27. The molecule has 0 aliphatic rings. The highest BCUT2D eigenvalue weighted by molar-refractivity contribution is 6.31. The van der Waals surface area contributed by atoms with Crippen LogP contribution in [0.4, 0.5) is 0 Å². The molecule has 0 bridgehead atoms. The first-order valence-electron chi connectivity index (χ1n) is 5.42. The maximum atomic E-state index is 11.7. The lowest BCUT2D eigenvalue weighted by atomic mass is 10.3. The number of amides is 1. The van der Waals surface area contributed by atoms with Crippen molar-refractivity contribution in [3.63, 3.8) is 0 Å². The Balaban J connectivity index is 2.54. The molecule has 19 heavy (non-hydrogen) atoms. The lowest BCUT2D eigenvalue weighted by Crippen LogP contribution is -2.34. The summed E-state index contributed by atoms with van der Waals surface area (Å²) in [5.41, 5.74) is 5.25. The first-order valence-corrected chi connectivity index (χ1v) is 5.79. The third-order valence-corrected chi connectivity index (χ3v) is 2.44. The van der Waals surface area contributed by atoms with Gasteiger partial charge in [0.2, 0.25) is 5.56 Å². The van der Waals surface area contributed by atoms with Crippen molar-refractivity contribution in [3.05, 3.63) is 70.3 Å². The van der Waals surface area contributed by atoms with E-state index < -0.39 is 0 Å². The number of pyridine rings is 1. The standard InChI is InChI=1S/C13H14ClN3O2/c1-3-11(14)5-4-8-15-16-13(19)10-6-7-12(18)17(2)9-10/h3-9,15H,1H2,2H3,(H,16,19)/b8-4+,11-5+. The van der Waals surface area contributed by atoms with Crippen molar-refractivity contribution in [1.82, 2.24) is 15.4 Å². The summed E-state index contributed by atoms with van der Waals surface area (Å²) < 4.78 is 1.33. The lowest BCUT2D eigenvalue weighted by molar-refractivity contribution is 0.0940. The van der Waals surface area contributed by atoms with E-state index >= 15 is 0 Å². The molecule has 0 saturated carbocycles. The molecule has 1 aromatic heterocycles. The maximum Gasteiger partial charge on any atom is 0.271 e. The monoisotopic (exact) mass is 279 g/mol. The van der Waals surface area contributed by atoms with Gasteiger partial charge in [0.15, 0.2) is 0 Å². The number of carbonyl (C=O) groups excluding carboxylic acids is 1. The van der Waals surface area contributed by atoms with E-state index in [1.807, 2.05) is 0 Å². The van der Waals surface area contributed by atoms with Crippen LogP contribution in [0.5, 0.6) is 0 Å². The van der Waals surface area contributed by atoms with Gasteiger partial charge in [-0.3, -0.25) is 15.0 Å². The topological polar surface area (TPSA) is 63.1 Å². The molecule has 1 amide bonds. The van der Waals surface area contributed by atoms with Gasteiger partial charge in [-0.05, 0) is 18.2 Å². The molecule has 0 fully saturated rings. The summed E-state index contributed by atoms with van der Waals surface area (Å²) in [5, 5.41) is 0.488. The fraction of sp³-hybridized carbons (Fsp3) is 0.0769. The van der Waals surface area contributed by atoms with Crippen molar-refractivity contribution >= 4 is 17.5 Å². The molecule has 5 nitrogen and oxygen atoms in total. The molecule has 100 valence electrons. The molecule has 0 atom stereocenters. The fourth-order valence-corrected chi connectivity index (χ4v) is 1.24. The Kier molecular flexibility index (Phi) is 5.63.